The summed E-state index contributed by atoms with van der Waals surface area (Å²) in [5.74, 6) is -0.277. The molecule has 0 bridgehead atoms. The summed E-state index contributed by atoms with van der Waals surface area (Å²) < 4.78 is 0. The number of aryl methyl sites for hydroxylation is 1. The van der Waals surface area contributed by atoms with Gasteiger partial charge in [0.2, 0.25) is 11.8 Å². The number of pyridine rings is 1. The van der Waals surface area contributed by atoms with E-state index >= 15 is 0 Å². The number of rotatable bonds is 3. The van der Waals surface area contributed by atoms with Crippen molar-refractivity contribution in [2.24, 2.45) is 11.7 Å². The fourth-order valence-electron chi connectivity index (χ4n) is 3.55. The number of nitrogens with one attached hydrogen (secondary N) is 1. The molecule has 2 amide bonds. The van der Waals surface area contributed by atoms with Gasteiger partial charge in [-0.05, 0) is 37.0 Å². The molecule has 1 fully saturated rings. The topological polar surface area (TPSA) is 88.3 Å². The Morgan fingerprint density at radius 2 is 2.08 bits per heavy atom. The Hall–Kier alpha value is -2.47. The number of nitrogens with zero attached hydrogens (tertiary/aromatic N) is 2. The average Bonchev–Trinajstić information content (AvgIpc) is 2.83. The first-order valence-electron chi connectivity index (χ1n) is 9.07. The number of carbonyl (C=O) groups is 2. The minimum absolute atomic E-state index is 0.0250. The molecule has 2 aromatic rings. The van der Waals surface area contributed by atoms with E-state index in [1.54, 1.807) is 11.1 Å². The zero-order valence-corrected chi connectivity index (χ0v) is 15.4. The van der Waals surface area contributed by atoms with Gasteiger partial charge >= 0.3 is 0 Å². The van der Waals surface area contributed by atoms with E-state index in [-0.39, 0.29) is 23.8 Å². The van der Waals surface area contributed by atoms with Crippen molar-refractivity contribution in [1.82, 2.24) is 15.2 Å². The molecule has 6 nitrogen and oxygen atoms in total. The lowest BCUT2D eigenvalue weighted by atomic mass is 10.0. The third kappa shape index (κ3) is 4.02. The van der Waals surface area contributed by atoms with Crippen LogP contribution in [0.3, 0.4) is 0 Å². The molecule has 1 saturated heterocycles. The number of hydrogen-bond acceptors (Lipinski definition) is 4. The normalized spacial score (nSPS) is 20.7. The fourth-order valence-corrected chi connectivity index (χ4v) is 3.55. The molecule has 1 aliphatic heterocycles. The van der Waals surface area contributed by atoms with Crippen LogP contribution in [-0.4, -0.2) is 40.8 Å². The molecule has 2 heterocycles. The summed E-state index contributed by atoms with van der Waals surface area (Å²) in [6.45, 7) is 4.96. The molecular formula is C20H26N4O2. The zero-order valence-electron chi connectivity index (χ0n) is 15.4. The van der Waals surface area contributed by atoms with Gasteiger partial charge in [0.25, 0.3) is 0 Å². The summed E-state index contributed by atoms with van der Waals surface area (Å²) in [7, 11) is 0. The molecular weight excluding hydrogens is 328 g/mol. The van der Waals surface area contributed by atoms with Gasteiger partial charge < -0.3 is 16.0 Å². The van der Waals surface area contributed by atoms with E-state index in [0.29, 0.717) is 26.1 Å². The summed E-state index contributed by atoms with van der Waals surface area (Å²) >= 11 is 0. The van der Waals surface area contributed by atoms with Crippen LogP contribution in [0.5, 0.6) is 0 Å². The SMILES string of the molecule is CC(=O)N1C[C@@H](N)CC[C@@H](C(=O)NCc2ccc(C)c3ncccc23)C1. The van der Waals surface area contributed by atoms with Crippen LogP contribution >= 0.6 is 0 Å². The van der Waals surface area contributed by atoms with Crippen molar-refractivity contribution in [2.45, 2.75) is 39.3 Å². The highest BCUT2D eigenvalue weighted by atomic mass is 16.2. The molecule has 0 radical (unpaired) electrons. The highest BCUT2D eigenvalue weighted by Crippen LogP contribution is 2.21. The summed E-state index contributed by atoms with van der Waals surface area (Å²) in [6.07, 6.45) is 3.23. The summed E-state index contributed by atoms with van der Waals surface area (Å²) in [5.41, 5.74) is 9.15. The average molecular weight is 354 g/mol. The number of amides is 2. The molecule has 26 heavy (non-hydrogen) atoms. The Bertz CT molecular complexity index is 821. The molecule has 3 N–H and O–H groups in total. The van der Waals surface area contributed by atoms with E-state index in [1.165, 1.54) is 6.92 Å². The van der Waals surface area contributed by atoms with E-state index in [4.69, 9.17) is 5.73 Å². The lowest BCUT2D eigenvalue weighted by Gasteiger charge is -2.23. The third-order valence-corrected chi connectivity index (χ3v) is 5.11. The Morgan fingerprint density at radius 3 is 2.85 bits per heavy atom. The molecule has 2 atom stereocenters. The van der Waals surface area contributed by atoms with Gasteiger partial charge in [-0.25, -0.2) is 0 Å². The first-order valence-corrected chi connectivity index (χ1v) is 9.07. The molecule has 1 aromatic heterocycles. The lowest BCUT2D eigenvalue weighted by Crippen LogP contribution is -2.42. The molecule has 0 saturated carbocycles. The monoisotopic (exact) mass is 354 g/mol. The number of likely N-dealkylation sites (tertiary alicyclic amines) is 1. The fraction of sp³-hybridized carbons (Fsp3) is 0.450. The van der Waals surface area contributed by atoms with Crippen molar-refractivity contribution in [3.63, 3.8) is 0 Å². The third-order valence-electron chi connectivity index (χ3n) is 5.11. The number of benzene rings is 1. The van der Waals surface area contributed by atoms with Crippen molar-refractivity contribution >= 4 is 22.7 Å². The van der Waals surface area contributed by atoms with Crippen molar-refractivity contribution < 1.29 is 9.59 Å². The maximum Gasteiger partial charge on any atom is 0.225 e. The smallest absolute Gasteiger partial charge is 0.225 e. The first kappa shape index (κ1) is 18.3. The quantitative estimate of drug-likeness (QED) is 0.879. The molecule has 3 rings (SSSR count). The molecule has 0 unspecified atom stereocenters. The summed E-state index contributed by atoms with van der Waals surface area (Å²) in [6, 6.07) is 7.93. The van der Waals surface area contributed by atoms with Crippen LogP contribution in [0.4, 0.5) is 0 Å². The van der Waals surface area contributed by atoms with E-state index in [0.717, 1.165) is 28.5 Å². The second-order valence-electron chi connectivity index (χ2n) is 7.12. The van der Waals surface area contributed by atoms with Gasteiger partial charge in [0.15, 0.2) is 0 Å². The Morgan fingerprint density at radius 1 is 1.27 bits per heavy atom. The number of hydrogen-bond donors (Lipinski definition) is 2. The van der Waals surface area contributed by atoms with Gasteiger partial charge in [-0.1, -0.05) is 18.2 Å². The maximum absolute atomic E-state index is 12.7. The Labute approximate surface area is 153 Å². The van der Waals surface area contributed by atoms with Gasteiger partial charge in [0.05, 0.1) is 11.4 Å². The number of carbonyl (C=O) groups excluding carboxylic acids is 2. The van der Waals surface area contributed by atoms with Gasteiger partial charge in [0, 0.05) is 44.2 Å². The Balaban J connectivity index is 1.71. The number of fused-ring (bicyclic) bond motifs is 1. The van der Waals surface area contributed by atoms with Gasteiger partial charge in [-0.2, -0.15) is 0 Å². The van der Waals surface area contributed by atoms with E-state index in [2.05, 4.69) is 10.3 Å². The largest absolute Gasteiger partial charge is 0.352 e. The van der Waals surface area contributed by atoms with Crippen molar-refractivity contribution in [2.75, 3.05) is 13.1 Å². The van der Waals surface area contributed by atoms with Crippen LogP contribution in [0.2, 0.25) is 0 Å². The van der Waals surface area contributed by atoms with E-state index in [1.807, 2.05) is 31.2 Å². The second-order valence-corrected chi connectivity index (χ2v) is 7.12. The van der Waals surface area contributed by atoms with Crippen molar-refractivity contribution in [1.29, 1.82) is 0 Å². The number of aromatic nitrogens is 1. The maximum atomic E-state index is 12.7. The molecule has 6 heteroatoms. The minimum atomic E-state index is -0.220. The minimum Gasteiger partial charge on any atom is -0.352 e. The molecule has 1 aromatic carbocycles. The van der Waals surface area contributed by atoms with Gasteiger partial charge in [0.1, 0.15) is 0 Å². The standard InChI is InChI=1S/C20H26N4O2/c1-13-5-6-15(18-4-3-9-22-19(13)18)10-23-20(26)16-7-8-17(21)12-24(11-16)14(2)25/h3-6,9,16-17H,7-8,10-12,21H2,1-2H3,(H,23,26)/t16-,17+/m1/s1. The van der Waals surface area contributed by atoms with E-state index in [9.17, 15) is 9.59 Å². The summed E-state index contributed by atoms with van der Waals surface area (Å²) in [5, 5.41) is 4.09. The second kappa shape index (κ2) is 7.83. The lowest BCUT2D eigenvalue weighted by molar-refractivity contribution is -0.131. The number of nitrogens with two attached hydrogens (primary N) is 1. The zero-order chi connectivity index (χ0) is 18.7. The van der Waals surface area contributed by atoms with Crippen LogP contribution in [0.25, 0.3) is 10.9 Å². The van der Waals surface area contributed by atoms with Crippen molar-refractivity contribution in [3.05, 3.63) is 41.6 Å². The predicted molar refractivity (Wildman–Crippen MR) is 101 cm³/mol. The summed E-state index contributed by atoms with van der Waals surface area (Å²) in [4.78, 5) is 30.6. The highest BCUT2D eigenvalue weighted by Gasteiger charge is 2.28. The van der Waals surface area contributed by atoms with Crippen LogP contribution in [-0.2, 0) is 16.1 Å². The molecule has 0 spiro atoms. The Kier molecular flexibility index (Phi) is 5.52. The van der Waals surface area contributed by atoms with Crippen LogP contribution in [0, 0.1) is 12.8 Å². The van der Waals surface area contributed by atoms with Gasteiger partial charge in [-0.3, -0.25) is 14.6 Å². The van der Waals surface area contributed by atoms with Gasteiger partial charge in [-0.15, -0.1) is 0 Å². The van der Waals surface area contributed by atoms with Crippen LogP contribution in [0.1, 0.15) is 30.9 Å². The van der Waals surface area contributed by atoms with Crippen LogP contribution < -0.4 is 11.1 Å². The first-order chi connectivity index (χ1) is 12.5. The molecule has 0 aliphatic carbocycles. The van der Waals surface area contributed by atoms with Crippen molar-refractivity contribution in [3.8, 4) is 0 Å². The molecule has 1 aliphatic rings. The van der Waals surface area contributed by atoms with E-state index < -0.39 is 0 Å². The molecule has 138 valence electrons. The van der Waals surface area contributed by atoms with Crippen LogP contribution in [0.15, 0.2) is 30.5 Å². The predicted octanol–water partition coefficient (Wildman–Crippen LogP) is 1.75. The highest BCUT2D eigenvalue weighted by molar-refractivity contribution is 5.86.